The molecule has 10 nitrogen and oxygen atoms in total. The zero-order valence-corrected chi connectivity index (χ0v) is 28.5. The lowest BCUT2D eigenvalue weighted by molar-refractivity contribution is 0.316. The first kappa shape index (κ1) is 35.2. The zero-order valence-electron chi connectivity index (χ0n) is 25.4. The molecule has 238 valence electrons. The lowest BCUT2D eigenvalue weighted by Gasteiger charge is -2.17. The second-order valence-corrected chi connectivity index (χ2v) is 11.9. The minimum atomic E-state index is 0.557. The molecule has 0 saturated heterocycles. The van der Waals surface area contributed by atoms with Gasteiger partial charge in [0.05, 0.1) is 20.3 Å². The van der Waals surface area contributed by atoms with E-state index < -0.39 is 0 Å². The highest BCUT2D eigenvalue weighted by Crippen LogP contribution is 2.27. The Labute approximate surface area is 277 Å². The van der Waals surface area contributed by atoms with Crippen molar-refractivity contribution in [2.24, 2.45) is 23.2 Å². The third kappa shape index (κ3) is 11.7. The van der Waals surface area contributed by atoms with E-state index in [1.165, 1.54) is 0 Å². The molecule has 0 atom stereocenters. The quantitative estimate of drug-likeness (QED) is 0.0648. The van der Waals surface area contributed by atoms with Gasteiger partial charge < -0.3 is 41.6 Å². The Morgan fingerprint density at radius 2 is 1.07 bits per heavy atom. The number of likely N-dealkylation sites (N-methyl/N-ethyl adjacent to an activating group) is 2. The van der Waals surface area contributed by atoms with Gasteiger partial charge in [0, 0.05) is 38.6 Å². The normalized spacial score (nSPS) is 11.9. The van der Waals surface area contributed by atoms with Gasteiger partial charge in [-0.2, -0.15) is 0 Å². The molecule has 0 aliphatic carbocycles. The largest absolute Gasteiger partial charge is 0.491 e. The summed E-state index contributed by atoms with van der Waals surface area (Å²) in [4.78, 5) is 0. The molecule has 0 bridgehead atoms. The van der Waals surface area contributed by atoms with Gasteiger partial charge in [0.2, 0.25) is 0 Å². The highest BCUT2D eigenvalue weighted by Gasteiger charge is 2.07. The Kier molecular flexibility index (Phi) is 14.8. The van der Waals surface area contributed by atoms with Gasteiger partial charge >= 0.3 is 0 Å². The molecule has 3 rings (SSSR count). The van der Waals surface area contributed by atoms with Gasteiger partial charge in [-0.25, -0.2) is 11.7 Å². The van der Waals surface area contributed by atoms with Crippen molar-refractivity contribution < 1.29 is 9.47 Å². The smallest absolute Gasteiger partial charge is 0.133 e. The summed E-state index contributed by atoms with van der Waals surface area (Å²) in [6, 6.07) is 19.8. The van der Waals surface area contributed by atoms with Crippen molar-refractivity contribution >= 4 is 43.3 Å². The first-order valence-electron chi connectivity index (χ1n) is 14.4. The second-order valence-electron chi connectivity index (χ2n) is 10.2. The van der Waals surface area contributed by atoms with Crippen LogP contribution in [0.4, 0.5) is 0 Å². The standard InChI is InChI=1S/C32H44Br2N8O2/c1-39-13-17-43-31-9-3-23(19-27(31)33)11-15-41(37)21-29(35)25-5-7-26(8-6-25)30(36)22-42(38)16-12-24-4-10-32(28(34)20-24)44-18-14-40-2/h3-10,19-22,39-40H,11-18,35-38H2,1-2H3/b29-21-,30-22-. The number of nitrogens with one attached hydrogen (secondary N) is 2. The van der Waals surface area contributed by atoms with Crippen molar-refractivity contribution in [2.75, 3.05) is 53.5 Å². The number of halogens is 2. The number of nitrogens with zero attached hydrogens (tertiary/aromatic N) is 2. The van der Waals surface area contributed by atoms with Crippen molar-refractivity contribution in [3.8, 4) is 11.5 Å². The van der Waals surface area contributed by atoms with E-state index in [4.69, 9.17) is 32.6 Å². The van der Waals surface area contributed by atoms with E-state index in [9.17, 15) is 0 Å². The number of nitrogens with two attached hydrogens (primary N) is 4. The van der Waals surface area contributed by atoms with Crippen molar-refractivity contribution in [3.05, 3.63) is 104 Å². The summed E-state index contributed by atoms with van der Waals surface area (Å²) in [6.45, 7) is 3.97. The Morgan fingerprint density at radius 3 is 1.41 bits per heavy atom. The molecule has 3 aromatic carbocycles. The molecular weight excluding hydrogens is 688 g/mol. The molecule has 0 unspecified atom stereocenters. The van der Waals surface area contributed by atoms with Gasteiger partial charge in [0.15, 0.2) is 0 Å². The van der Waals surface area contributed by atoms with E-state index in [-0.39, 0.29) is 0 Å². The van der Waals surface area contributed by atoms with Crippen LogP contribution in [0.2, 0.25) is 0 Å². The molecule has 0 aliphatic rings. The molecule has 10 N–H and O–H groups in total. The van der Waals surface area contributed by atoms with E-state index in [0.717, 1.165) is 68.6 Å². The number of hydrogen-bond donors (Lipinski definition) is 6. The topological polar surface area (TPSA) is 153 Å². The summed E-state index contributed by atoms with van der Waals surface area (Å²) in [7, 11) is 3.79. The predicted molar refractivity (Wildman–Crippen MR) is 187 cm³/mol. The predicted octanol–water partition coefficient (Wildman–Crippen LogP) is 3.76. The minimum absolute atomic E-state index is 0.557. The summed E-state index contributed by atoms with van der Waals surface area (Å²) in [5.74, 6) is 14.1. The van der Waals surface area contributed by atoms with Crippen molar-refractivity contribution in [1.29, 1.82) is 0 Å². The van der Waals surface area contributed by atoms with Crippen LogP contribution < -0.4 is 43.3 Å². The Bertz CT molecular complexity index is 1280. The maximum absolute atomic E-state index is 6.34. The van der Waals surface area contributed by atoms with Crippen LogP contribution in [0.1, 0.15) is 22.3 Å². The average molecular weight is 733 g/mol. The number of benzene rings is 3. The fourth-order valence-electron chi connectivity index (χ4n) is 4.17. The molecule has 0 radical (unpaired) electrons. The Hall–Kier alpha value is -3.26. The van der Waals surface area contributed by atoms with Crippen LogP contribution in [-0.2, 0) is 12.8 Å². The lowest BCUT2D eigenvalue weighted by Crippen LogP contribution is -2.28. The molecule has 0 heterocycles. The molecule has 0 saturated carbocycles. The molecule has 0 aliphatic heterocycles. The third-order valence-corrected chi connectivity index (χ3v) is 7.93. The van der Waals surface area contributed by atoms with Gasteiger partial charge in [0.1, 0.15) is 24.7 Å². The van der Waals surface area contributed by atoms with E-state index in [2.05, 4.69) is 42.5 Å². The van der Waals surface area contributed by atoms with Crippen LogP contribution in [-0.4, -0.2) is 63.5 Å². The van der Waals surface area contributed by atoms with Crippen molar-refractivity contribution in [1.82, 2.24) is 20.7 Å². The summed E-state index contributed by atoms with van der Waals surface area (Å²) in [6.07, 6.45) is 4.97. The average Bonchev–Trinajstić information content (AvgIpc) is 3.01. The summed E-state index contributed by atoms with van der Waals surface area (Å²) in [5, 5.41) is 9.32. The van der Waals surface area contributed by atoms with Gasteiger partial charge in [-0.3, -0.25) is 0 Å². The molecule has 0 fully saturated rings. The highest BCUT2D eigenvalue weighted by molar-refractivity contribution is 9.10. The molecule has 12 heteroatoms. The molecular formula is C32H44Br2N8O2. The van der Waals surface area contributed by atoms with E-state index >= 15 is 0 Å². The molecule has 0 spiro atoms. The first-order chi connectivity index (χ1) is 21.2. The number of hydrazine groups is 2. The van der Waals surface area contributed by atoms with Gasteiger partial charge in [-0.15, -0.1) is 0 Å². The van der Waals surface area contributed by atoms with Crippen LogP contribution in [0.15, 0.2) is 82.0 Å². The second kappa shape index (κ2) is 18.5. The van der Waals surface area contributed by atoms with E-state index in [1.54, 1.807) is 22.4 Å². The van der Waals surface area contributed by atoms with E-state index in [0.29, 0.717) is 37.7 Å². The molecule has 0 amide bonds. The van der Waals surface area contributed by atoms with Gasteiger partial charge in [0.25, 0.3) is 0 Å². The van der Waals surface area contributed by atoms with E-state index in [1.807, 2.05) is 74.8 Å². The SMILES string of the molecule is CNCCOc1ccc(CCN(N)/C=C(\N)c2ccc(/C(N)=C/N(N)CCc3ccc(OCCNC)c(Br)c3)cc2)cc1Br. The third-order valence-electron chi connectivity index (χ3n) is 6.69. The molecule has 3 aromatic rings. The number of rotatable bonds is 18. The fourth-order valence-corrected chi connectivity index (χ4v) is 5.25. The van der Waals surface area contributed by atoms with Crippen molar-refractivity contribution in [3.63, 3.8) is 0 Å². The van der Waals surface area contributed by atoms with Crippen LogP contribution in [0.25, 0.3) is 11.4 Å². The summed E-state index contributed by atoms with van der Waals surface area (Å²) >= 11 is 7.17. The highest BCUT2D eigenvalue weighted by atomic mass is 79.9. The van der Waals surface area contributed by atoms with Crippen LogP contribution in [0.5, 0.6) is 11.5 Å². The number of hydrogen-bond acceptors (Lipinski definition) is 10. The van der Waals surface area contributed by atoms with Gasteiger partial charge in [-0.05, 0) is 105 Å². The van der Waals surface area contributed by atoms with Gasteiger partial charge in [-0.1, -0.05) is 36.4 Å². The molecule has 44 heavy (non-hydrogen) atoms. The first-order valence-corrected chi connectivity index (χ1v) is 16.0. The monoisotopic (exact) mass is 730 g/mol. The zero-order chi connectivity index (χ0) is 31.9. The number of ether oxygens (including phenoxy) is 2. The maximum Gasteiger partial charge on any atom is 0.133 e. The van der Waals surface area contributed by atoms with Crippen LogP contribution >= 0.6 is 31.9 Å². The lowest BCUT2D eigenvalue weighted by atomic mass is 10.1. The fraction of sp³-hybridized carbons (Fsp3) is 0.312. The summed E-state index contributed by atoms with van der Waals surface area (Å²) in [5.41, 5.74) is 17.8. The Morgan fingerprint density at radius 1 is 0.682 bits per heavy atom. The minimum Gasteiger partial charge on any atom is -0.491 e. The van der Waals surface area contributed by atoms with Crippen molar-refractivity contribution in [2.45, 2.75) is 12.8 Å². The summed E-state index contributed by atoms with van der Waals surface area (Å²) < 4.78 is 13.3. The van der Waals surface area contributed by atoms with Crippen LogP contribution in [0, 0.1) is 0 Å². The van der Waals surface area contributed by atoms with Crippen LogP contribution in [0.3, 0.4) is 0 Å². The molecule has 0 aromatic heterocycles. The Balaban J connectivity index is 1.49. The maximum atomic E-state index is 6.34.